The normalized spacial score (nSPS) is 32.7. The van der Waals surface area contributed by atoms with Crippen molar-refractivity contribution in [3.63, 3.8) is 0 Å². The van der Waals surface area contributed by atoms with E-state index in [1.807, 2.05) is 7.11 Å². The van der Waals surface area contributed by atoms with Crippen molar-refractivity contribution in [3.05, 3.63) is 0 Å². The van der Waals surface area contributed by atoms with Crippen molar-refractivity contribution in [2.24, 2.45) is 11.8 Å². The van der Waals surface area contributed by atoms with Gasteiger partial charge in [0.25, 0.3) is 0 Å². The Labute approximate surface area is 69.3 Å². The Bertz CT molecular complexity index is 114. The average Bonchev–Trinajstić information content (AvgIpc) is 2.04. The molecule has 0 aromatic rings. The van der Waals surface area contributed by atoms with E-state index < -0.39 is 0 Å². The minimum Gasteiger partial charge on any atom is -0.381 e. The zero-order chi connectivity index (χ0) is 8.27. The molecule has 2 heteroatoms. The Kier molecular flexibility index (Phi) is 3.34. The number of hydrogen-bond acceptors (Lipinski definition) is 2. The maximum absolute atomic E-state index is 5.43. The van der Waals surface area contributed by atoms with Gasteiger partial charge in [-0.3, -0.25) is 0 Å². The Balaban J connectivity index is 2.44. The van der Waals surface area contributed by atoms with Gasteiger partial charge < -0.3 is 10.1 Å². The molecule has 0 spiro atoms. The van der Waals surface area contributed by atoms with Gasteiger partial charge in [-0.2, -0.15) is 0 Å². The predicted molar refractivity (Wildman–Crippen MR) is 46.6 cm³/mol. The van der Waals surface area contributed by atoms with Crippen molar-refractivity contribution in [2.75, 3.05) is 20.2 Å². The molecule has 11 heavy (non-hydrogen) atoms. The third-order valence-electron chi connectivity index (χ3n) is 2.62. The highest BCUT2D eigenvalue weighted by Gasteiger charge is 2.26. The van der Waals surface area contributed by atoms with Crippen LogP contribution in [0.15, 0.2) is 0 Å². The summed E-state index contributed by atoms with van der Waals surface area (Å²) >= 11 is 0. The van der Waals surface area contributed by atoms with E-state index in [0.29, 0.717) is 12.0 Å². The summed E-state index contributed by atoms with van der Waals surface area (Å²) < 4.78 is 5.43. The van der Waals surface area contributed by atoms with Crippen LogP contribution in [0.1, 0.15) is 20.3 Å². The van der Waals surface area contributed by atoms with Gasteiger partial charge in [0, 0.05) is 13.7 Å². The zero-order valence-corrected chi connectivity index (χ0v) is 7.76. The van der Waals surface area contributed by atoms with Crippen LogP contribution in [0.4, 0.5) is 0 Å². The molecule has 2 nitrogen and oxygen atoms in total. The molecular formula is C9H19NO. The van der Waals surface area contributed by atoms with Crippen LogP contribution >= 0.6 is 0 Å². The van der Waals surface area contributed by atoms with Gasteiger partial charge in [-0.25, -0.2) is 0 Å². The van der Waals surface area contributed by atoms with E-state index in [9.17, 15) is 0 Å². The molecule has 1 aliphatic heterocycles. The largest absolute Gasteiger partial charge is 0.381 e. The van der Waals surface area contributed by atoms with Gasteiger partial charge in [0.2, 0.25) is 0 Å². The molecule has 0 unspecified atom stereocenters. The van der Waals surface area contributed by atoms with Crippen LogP contribution < -0.4 is 5.32 Å². The topological polar surface area (TPSA) is 21.3 Å². The van der Waals surface area contributed by atoms with Crippen molar-refractivity contribution in [1.82, 2.24) is 5.32 Å². The van der Waals surface area contributed by atoms with Gasteiger partial charge >= 0.3 is 0 Å². The van der Waals surface area contributed by atoms with E-state index in [1.54, 1.807) is 0 Å². The minimum absolute atomic E-state index is 0.483. The van der Waals surface area contributed by atoms with Crippen LogP contribution in [-0.4, -0.2) is 26.3 Å². The minimum atomic E-state index is 0.483. The van der Waals surface area contributed by atoms with Crippen LogP contribution in [0.5, 0.6) is 0 Å². The van der Waals surface area contributed by atoms with Gasteiger partial charge in [0.05, 0.1) is 6.10 Å². The van der Waals surface area contributed by atoms with E-state index >= 15 is 0 Å². The van der Waals surface area contributed by atoms with E-state index in [4.69, 9.17) is 4.74 Å². The Morgan fingerprint density at radius 1 is 1.45 bits per heavy atom. The molecule has 66 valence electrons. The lowest BCUT2D eigenvalue weighted by molar-refractivity contribution is 0.0130. The van der Waals surface area contributed by atoms with Crippen molar-refractivity contribution in [1.29, 1.82) is 0 Å². The van der Waals surface area contributed by atoms with Gasteiger partial charge in [-0.05, 0) is 24.8 Å². The van der Waals surface area contributed by atoms with E-state index in [-0.39, 0.29) is 0 Å². The number of methoxy groups -OCH3 is 1. The summed E-state index contributed by atoms with van der Waals surface area (Å²) in [6.07, 6.45) is 1.65. The molecule has 0 radical (unpaired) electrons. The molecular weight excluding hydrogens is 138 g/mol. The first kappa shape index (κ1) is 9.01. The molecule has 1 rings (SSSR count). The van der Waals surface area contributed by atoms with Crippen LogP contribution in [0, 0.1) is 11.8 Å². The van der Waals surface area contributed by atoms with Crippen molar-refractivity contribution in [2.45, 2.75) is 26.4 Å². The zero-order valence-electron chi connectivity index (χ0n) is 7.76. The molecule has 1 heterocycles. The number of piperidine rings is 1. The predicted octanol–water partition coefficient (Wildman–Crippen LogP) is 1.27. The van der Waals surface area contributed by atoms with E-state index in [0.717, 1.165) is 19.0 Å². The summed E-state index contributed by atoms with van der Waals surface area (Å²) in [4.78, 5) is 0. The molecule has 0 aliphatic carbocycles. The monoisotopic (exact) mass is 157 g/mol. The first-order valence-electron chi connectivity index (χ1n) is 4.49. The van der Waals surface area contributed by atoms with Crippen LogP contribution in [0.3, 0.4) is 0 Å². The molecule has 0 amide bonds. The highest BCUT2D eigenvalue weighted by molar-refractivity contribution is 4.80. The first-order chi connectivity index (χ1) is 5.25. The number of rotatable bonds is 2. The Morgan fingerprint density at radius 2 is 2.18 bits per heavy atom. The second kappa shape index (κ2) is 4.07. The summed E-state index contributed by atoms with van der Waals surface area (Å²) in [5.74, 6) is 1.43. The van der Waals surface area contributed by atoms with Gasteiger partial charge in [0.15, 0.2) is 0 Å². The van der Waals surface area contributed by atoms with E-state index in [2.05, 4.69) is 19.2 Å². The highest BCUT2D eigenvalue weighted by Crippen LogP contribution is 2.21. The molecule has 0 bridgehead atoms. The fourth-order valence-corrected chi connectivity index (χ4v) is 1.82. The average molecular weight is 157 g/mol. The number of ether oxygens (including phenoxy) is 1. The summed E-state index contributed by atoms with van der Waals surface area (Å²) in [5, 5.41) is 3.40. The second-order valence-electron chi connectivity index (χ2n) is 3.67. The summed E-state index contributed by atoms with van der Waals surface area (Å²) in [6, 6.07) is 0. The maximum Gasteiger partial charge on any atom is 0.0626 e. The quantitative estimate of drug-likeness (QED) is 0.651. The maximum atomic E-state index is 5.43. The molecule has 0 aromatic heterocycles. The molecule has 1 aliphatic rings. The lowest BCUT2D eigenvalue weighted by Crippen LogP contribution is -2.43. The van der Waals surface area contributed by atoms with Gasteiger partial charge in [-0.15, -0.1) is 0 Å². The van der Waals surface area contributed by atoms with E-state index in [1.165, 1.54) is 6.42 Å². The molecule has 0 saturated carbocycles. The first-order valence-corrected chi connectivity index (χ1v) is 4.49. The smallest absolute Gasteiger partial charge is 0.0626 e. The number of hydrogen-bond donors (Lipinski definition) is 1. The summed E-state index contributed by atoms with van der Waals surface area (Å²) in [7, 11) is 1.82. The van der Waals surface area contributed by atoms with Crippen LogP contribution in [-0.2, 0) is 4.74 Å². The molecule has 2 atom stereocenters. The second-order valence-corrected chi connectivity index (χ2v) is 3.67. The van der Waals surface area contributed by atoms with Crippen molar-refractivity contribution < 1.29 is 4.74 Å². The van der Waals surface area contributed by atoms with Crippen LogP contribution in [0.2, 0.25) is 0 Å². The molecule has 0 aromatic carbocycles. The van der Waals surface area contributed by atoms with Gasteiger partial charge in [-0.1, -0.05) is 13.8 Å². The highest BCUT2D eigenvalue weighted by atomic mass is 16.5. The van der Waals surface area contributed by atoms with Gasteiger partial charge in [0.1, 0.15) is 0 Å². The molecule has 1 N–H and O–H groups in total. The van der Waals surface area contributed by atoms with Crippen LogP contribution in [0.25, 0.3) is 0 Å². The lowest BCUT2D eigenvalue weighted by atomic mass is 9.86. The number of nitrogens with one attached hydrogen (secondary N) is 1. The Hall–Kier alpha value is -0.0800. The molecule has 1 saturated heterocycles. The van der Waals surface area contributed by atoms with Crippen molar-refractivity contribution in [3.8, 4) is 0 Å². The Morgan fingerprint density at radius 3 is 2.64 bits per heavy atom. The lowest BCUT2D eigenvalue weighted by Gasteiger charge is -2.33. The standard InChI is InChI=1S/C9H19NO/c1-7(2)8-6-10-5-4-9(8)11-3/h7-10H,4-6H2,1-3H3/t8-,9+/m0/s1. The third kappa shape index (κ3) is 2.17. The SMILES string of the molecule is CO[C@@H]1CCNC[C@H]1C(C)C. The summed E-state index contributed by atoms with van der Waals surface area (Å²) in [5.41, 5.74) is 0. The summed E-state index contributed by atoms with van der Waals surface area (Å²) in [6.45, 7) is 6.77. The fourth-order valence-electron chi connectivity index (χ4n) is 1.82. The molecule has 1 fully saturated rings. The fraction of sp³-hybridized carbons (Fsp3) is 1.00. The van der Waals surface area contributed by atoms with Crippen molar-refractivity contribution >= 4 is 0 Å². The third-order valence-corrected chi connectivity index (χ3v) is 2.62.